The summed E-state index contributed by atoms with van der Waals surface area (Å²) >= 11 is 0. The molecule has 3 aromatic rings. The molecule has 28 heavy (non-hydrogen) atoms. The topological polar surface area (TPSA) is 81.2 Å². The number of amides is 1. The fourth-order valence-electron chi connectivity index (χ4n) is 3.81. The van der Waals surface area contributed by atoms with E-state index in [4.69, 9.17) is 4.98 Å². The zero-order valence-corrected chi connectivity index (χ0v) is 16.0. The van der Waals surface area contributed by atoms with Gasteiger partial charge in [-0.25, -0.2) is 4.98 Å². The van der Waals surface area contributed by atoms with E-state index in [2.05, 4.69) is 31.9 Å². The van der Waals surface area contributed by atoms with Crippen molar-refractivity contribution in [2.75, 3.05) is 7.05 Å². The second kappa shape index (κ2) is 6.40. The van der Waals surface area contributed by atoms with Gasteiger partial charge in [0.1, 0.15) is 5.69 Å². The van der Waals surface area contributed by atoms with Crippen LogP contribution in [0.4, 0.5) is 0 Å². The van der Waals surface area contributed by atoms with E-state index in [-0.39, 0.29) is 5.91 Å². The summed E-state index contributed by atoms with van der Waals surface area (Å²) in [5.74, 6) is 0.115. The van der Waals surface area contributed by atoms with Gasteiger partial charge in [-0.1, -0.05) is 0 Å². The lowest BCUT2D eigenvalue weighted by atomic mass is 10.1. The third-order valence-electron chi connectivity index (χ3n) is 5.28. The number of aliphatic imine (C=N–C) groups is 1. The highest BCUT2D eigenvalue weighted by Crippen LogP contribution is 2.26. The Morgan fingerprint density at radius 1 is 1.14 bits per heavy atom. The maximum atomic E-state index is 12.5. The van der Waals surface area contributed by atoms with Gasteiger partial charge in [-0.15, -0.1) is 0 Å². The first-order chi connectivity index (χ1) is 13.6. The number of aryl methyl sites for hydroxylation is 2. The predicted molar refractivity (Wildman–Crippen MR) is 104 cm³/mol. The molecule has 0 radical (unpaired) electrons. The summed E-state index contributed by atoms with van der Waals surface area (Å²) in [5, 5.41) is 4.57. The lowest BCUT2D eigenvalue weighted by Crippen LogP contribution is -2.26. The second-order valence-electron chi connectivity index (χ2n) is 7.37. The number of hydrogen-bond acceptors (Lipinski definition) is 5. The molecule has 3 aromatic heterocycles. The molecule has 4 bridgehead atoms. The average Bonchev–Trinajstić information content (AvgIpc) is 3.38. The van der Waals surface area contributed by atoms with Gasteiger partial charge in [0.05, 0.1) is 42.1 Å². The van der Waals surface area contributed by atoms with E-state index in [0.717, 1.165) is 52.6 Å². The highest BCUT2D eigenvalue weighted by atomic mass is 16.2. The minimum atomic E-state index is 0.115. The Balaban J connectivity index is 1.65. The van der Waals surface area contributed by atoms with Crippen LogP contribution in [0.15, 0.2) is 35.8 Å². The van der Waals surface area contributed by atoms with Gasteiger partial charge in [-0.2, -0.15) is 5.10 Å². The Bertz CT molecular complexity index is 1110. The van der Waals surface area contributed by atoms with Crippen LogP contribution in [-0.2, 0) is 31.5 Å². The molecule has 142 valence electrons. The first kappa shape index (κ1) is 16.9. The molecule has 0 N–H and O–H groups in total. The number of nitrogens with zero attached hydrogens (tertiary/aromatic N) is 7. The van der Waals surface area contributed by atoms with Crippen LogP contribution in [-0.4, -0.2) is 47.9 Å². The standard InChI is InChI=1S/C20H21N7O/c1-25-12-17-14(11-26(2)24-17)15-8-21-16-9-22-19(20(16)23-15)13-5-7-27(10-13)6-3-4-18(25)28/h5,7-8,10-11H,3-4,6,9,12H2,1-2H3. The van der Waals surface area contributed by atoms with E-state index in [1.54, 1.807) is 15.8 Å². The molecule has 0 unspecified atom stereocenters. The van der Waals surface area contributed by atoms with E-state index in [0.29, 0.717) is 19.5 Å². The van der Waals surface area contributed by atoms with Crippen LogP contribution >= 0.6 is 0 Å². The summed E-state index contributed by atoms with van der Waals surface area (Å²) in [6.45, 7) is 1.79. The van der Waals surface area contributed by atoms with Crippen LogP contribution in [0.2, 0.25) is 0 Å². The third kappa shape index (κ3) is 2.81. The zero-order chi connectivity index (χ0) is 19.3. The maximum absolute atomic E-state index is 12.5. The van der Waals surface area contributed by atoms with E-state index < -0.39 is 0 Å². The van der Waals surface area contributed by atoms with E-state index in [9.17, 15) is 4.79 Å². The minimum Gasteiger partial charge on any atom is -0.354 e. The van der Waals surface area contributed by atoms with Gasteiger partial charge in [0, 0.05) is 56.8 Å². The molecule has 8 nitrogen and oxygen atoms in total. The summed E-state index contributed by atoms with van der Waals surface area (Å²) in [5.41, 5.74) is 6.13. The van der Waals surface area contributed by atoms with E-state index >= 15 is 0 Å². The molecule has 1 amide bonds. The van der Waals surface area contributed by atoms with Crippen molar-refractivity contribution < 1.29 is 4.79 Å². The van der Waals surface area contributed by atoms with Gasteiger partial charge < -0.3 is 9.47 Å². The van der Waals surface area contributed by atoms with Crippen molar-refractivity contribution in [2.24, 2.45) is 12.0 Å². The van der Waals surface area contributed by atoms with Crippen molar-refractivity contribution in [3.05, 3.63) is 53.5 Å². The summed E-state index contributed by atoms with van der Waals surface area (Å²) in [6, 6.07) is 2.05. The number of fused-ring (bicyclic) bond motifs is 6. The molecule has 0 saturated heterocycles. The molecule has 0 aliphatic carbocycles. The number of hydrogen-bond donors (Lipinski definition) is 0. The normalized spacial score (nSPS) is 16.4. The van der Waals surface area contributed by atoms with Gasteiger partial charge in [0.25, 0.3) is 0 Å². The van der Waals surface area contributed by atoms with E-state index in [1.807, 2.05) is 26.5 Å². The van der Waals surface area contributed by atoms with Crippen molar-refractivity contribution >= 4 is 11.6 Å². The third-order valence-corrected chi connectivity index (χ3v) is 5.28. The molecule has 0 spiro atoms. The first-order valence-corrected chi connectivity index (χ1v) is 9.42. The van der Waals surface area contributed by atoms with Crippen LogP contribution in [0.3, 0.4) is 0 Å². The molecular weight excluding hydrogens is 354 g/mol. The Kier molecular flexibility index (Phi) is 3.85. The maximum Gasteiger partial charge on any atom is 0.222 e. The number of aromatic nitrogens is 5. The van der Waals surface area contributed by atoms with Crippen molar-refractivity contribution in [2.45, 2.75) is 32.5 Å². The molecule has 8 heteroatoms. The summed E-state index contributed by atoms with van der Waals surface area (Å²) in [6.07, 6.45) is 9.12. The van der Waals surface area contributed by atoms with Crippen LogP contribution < -0.4 is 0 Å². The number of rotatable bonds is 0. The molecule has 5 heterocycles. The van der Waals surface area contributed by atoms with Crippen molar-refractivity contribution in [1.29, 1.82) is 0 Å². The van der Waals surface area contributed by atoms with Gasteiger partial charge in [-0.05, 0) is 12.5 Å². The van der Waals surface area contributed by atoms with Gasteiger partial charge in [0.15, 0.2) is 0 Å². The van der Waals surface area contributed by atoms with Crippen molar-refractivity contribution in [3.8, 4) is 11.3 Å². The van der Waals surface area contributed by atoms with Crippen molar-refractivity contribution in [1.82, 2.24) is 29.2 Å². The highest BCUT2D eigenvalue weighted by Gasteiger charge is 2.24. The minimum absolute atomic E-state index is 0.115. The fraction of sp³-hybridized carbons (Fsp3) is 0.350. The second-order valence-corrected chi connectivity index (χ2v) is 7.37. The molecule has 0 fully saturated rings. The lowest BCUT2D eigenvalue weighted by molar-refractivity contribution is -0.130. The summed E-state index contributed by atoms with van der Waals surface area (Å²) < 4.78 is 3.87. The number of carbonyl (C=O) groups is 1. The quantitative estimate of drug-likeness (QED) is 0.600. The Labute approximate surface area is 162 Å². The van der Waals surface area contributed by atoms with Crippen LogP contribution in [0.5, 0.6) is 0 Å². The summed E-state index contributed by atoms with van der Waals surface area (Å²) in [4.78, 5) is 28.5. The van der Waals surface area contributed by atoms with Crippen LogP contribution in [0.1, 0.15) is 35.5 Å². The monoisotopic (exact) mass is 375 g/mol. The molecule has 2 aliphatic rings. The van der Waals surface area contributed by atoms with E-state index in [1.165, 1.54) is 0 Å². The first-order valence-electron chi connectivity index (χ1n) is 9.42. The molecule has 0 atom stereocenters. The van der Waals surface area contributed by atoms with Crippen LogP contribution in [0, 0.1) is 0 Å². The Hall–Kier alpha value is -3.29. The highest BCUT2D eigenvalue weighted by molar-refractivity contribution is 6.13. The van der Waals surface area contributed by atoms with Crippen LogP contribution in [0.25, 0.3) is 11.3 Å². The fourth-order valence-corrected chi connectivity index (χ4v) is 3.81. The molecule has 0 aromatic carbocycles. The molecule has 2 aliphatic heterocycles. The number of carbonyl (C=O) groups excluding carboxylic acids is 1. The molecular formula is C20H21N7O. The van der Waals surface area contributed by atoms with Crippen molar-refractivity contribution in [3.63, 3.8) is 0 Å². The SMILES string of the molecule is CN1Cc2nn(C)cc2-c2cnc3c(n2)C(=NC3)c2ccn(c2)CCCC1=O. The Morgan fingerprint density at radius 3 is 2.93 bits per heavy atom. The average molecular weight is 375 g/mol. The largest absolute Gasteiger partial charge is 0.354 e. The summed E-state index contributed by atoms with van der Waals surface area (Å²) in [7, 11) is 3.70. The molecule has 0 saturated carbocycles. The smallest absolute Gasteiger partial charge is 0.222 e. The predicted octanol–water partition coefficient (Wildman–Crippen LogP) is 1.78. The Morgan fingerprint density at radius 2 is 2.04 bits per heavy atom. The van der Waals surface area contributed by atoms with Gasteiger partial charge in [-0.3, -0.25) is 19.5 Å². The zero-order valence-electron chi connectivity index (χ0n) is 16.0. The van der Waals surface area contributed by atoms with Gasteiger partial charge in [0.2, 0.25) is 5.91 Å². The van der Waals surface area contributed by atoms with Gasteiger partial charge >= 0.3 is 0 Å². The lowest BCUT2D eigenvalue weighted by Gasteiger charge is -2.17. The molecule has 5 rings (SSSR count).